The lowest BCUT2D eigenvalue weighted by Crippen LogP contribution is -2.25. The third-order valence-corrected chi connectivity index (χ3v) is 2.28. The van der Waals surface area contributed by atoms with Gasteiger partial charge >= 0.3 is 0 Å². The molecule has 0 radical (unpaired) electrons. The van der Waals surface area contributed by atoms with E-state index in [0.29, 0.717) is 18.2 Å². The van der Waals surface area contributed by atoms with Crippen LogP contribution in [-0.2, 0) is 6.54 Å². The Morgan fingerprint density at radius 2 is 2.07 bits per heavy atom. The Hall–Kier alpha value is -0.960. The molecule has 0 saturated heterocycles. The zero-order valence-electron chi connectivity index (χ0n) is 8.48. The molecule has 0 aliphatic carbocycles. The van der Waals surface area contributed by atoms with Crippen LogP contribution < -0.4 is 5.32 Å². The molecule has 0 spiro atoms. The molecule has 14 heavy (non-hydrogen) atoms. The monoisotopic (exact) mass is 199 g/mol. The maximum absolute atomic E-state index is 13.1. The number of halogens is 2. The Balaban J connectivity index is 2.63. The fourth-order valence-corrected chi connectivity index (χ4v) is 1.11. The first-order valence-electron chi connectivity index (χ1n) is 4.81. The van der Waals surface area contributed by atoms with Crippen molar-refractivity contribution in [3.63, 3.8) is 0 Å². The van der Waals surface area contributed by atoms with Crippen LogP contribution in [0.4, 0.5) is 8.78 Å². The summed E-state index contributed by atoms with van der Waals surface area (Å²) in [5.74, 6) is -1.53. The second-order valence-corrected chi connectivity index (χ2v) is 3.40. The summed E-state index contributed by atoms with van der Waals surface area (Å²) in [7, 11) is 0. The van der Waals surface area contributed by atoms with Gasteiger partial charge in [-0.3, -0.25) is 0 Å². The summed E-state index contributed by atoms with van der Waals surface area (Å²) >= 11 is 0. The molecule has 0 bridgehead atoms. The summed E-state index contributed by atoms with van der Waals surface area (Å²) in [4.78, 5) is 0. The molecular formula is C11H15F2N. The van der Waals surface area contributed by atoms with Gasteiger partial charge in [0.05, 0.1) is 0 Å². The third-order valence-electron chi connectivity index (χ3n) is 2.28. The van der Waals surface area contributed by atoms with Gasteiger partial charge in [-0.15, -0.1) is 0 Å². The van der Waals surface area contributed by atoms with Crippen LogP contribution in [0.15, 0.2) is 18.2 Å². The molecule has 0 amide bonds. The van der Waals surface area contributed by atoms with E-state index in [0.717, 1.165) is 12.5 Å². The van der Waals surface area contributed by atoms with E-state index in [-0.39, 0.29) is 0 Å². The lowest BCUT2D eigenvalue weighted by molar-refractivity contribution is 0.478. The largest absolute Gasteiger partial charge is 0.310 e. The molecule has 1 unspecified atom stereocenters. The van der Waals surface area contributed by atoms with Gasteiger partial charge in [-0.2, -0.15) is 0 Å². The third kappa shape index (κ3) is 2.77. The van der Waals surface area contributed by atoms with Gasteiger partial charge in [0, 0.05) is 18.2 Å². The summed E-state index contributed by atoms with van der Waals surface area (Å²) in [5, 5.41) is 3.11. The molecular weight excluding hydrogens is 184 g/mol. The molecule has 0 fully saturated rings. The minimum atomic E-state index is -0.784. The minimum Gasteiger partial charge on any atom is -0.310 e. The van der Waals surface area contributed by atoms with E-state index in [2.05, 4.69) is 5.32 Å². The van der Waals surface area contributed by atoms with Crippen molar-refractivity contribution in [2.75, 3.05) is 0 Å². The molecule has 3 heteroatoms. The number of rotatable bonds is 4. The fourth-order valence-electron chi connectivity index (χ4n) is 1.11. The van der Waals surface area contributed by atoms with Crippen LogP contribution >= 0.6 is 0 Å². The van der Waals surface area contributed by atoms with E-state index in [1.165, 1.54) is 6.07 Å². The first kappa shape index (κ1) is 11.1. The van der Waals surface area contributed by atoms with Crippen LogP contribution in [0.3, 0.4) is 0 Å². The van der Waals surface area contributed by atoms with Crippen LogP contribution in [-0.4, -0.2) is 6.04 Å². The molecule has 0 aliphatic rings. The average Bonchev–Trinajstić information content (AvgIpc) is 2.20. The van der Waals surface area contributed by atoms with Crippen molar-refractivity contribution in [3.8, 4) is 0 Å². The van der Waals surface area contributed by atoms with Crippen molar-refractivity contribution in [1.82, 2.24) is 5.32 Å². The summed E-state index contributed by atoms with van der Waals surface area (Å²) in [6.07, 6.45) is 0.969. The molecule has 1 nitrogen and oxygen atoms in total. The Labute approximate surface area is 83.1 Å². The van der Waals surface area contributed by atoms with Crippen molar-refractivity contribution in [1.29, 1.82) is 0 Å². The van der Waals surface area contributed by atoms with E-state index >= 15 is 0 Å². The summed E-state index contributed by atoms with van der Waals surface area (Å²) < 4.78 is 25.9. The van der Waals surface area contributed by atoms with Crippen molar-refractivity contribution < 1.29 is 8.78 Å². The van der Waals surface area contributed by atoms with E-state index in [1.807, 2.05) is 13.8 Å². The topological polar surface area (TPSA) is 12.0 Å². The lowest BCUT2D eigenvalue weighted by atomic mass is 10.2. The Bertz CT molecular complexity index is 299. The molecule has 1 aromatic carbocycles. The molecule has 1 N–H and O–H groups in total. The van der Waals surface area contributed by atoms with E-state index in [1.54, 1.807) is 6.07 Å². The Morgan fingerprint density at radius 1 is 1.36 bits per heavy atom. The van der Waals surface area contributed by atoms with Gasteiger partial charge in [-0.25, -0.2) is 8.78 Å². The molecule has 0 heterocycles. The first-order chi connectivity index (χ1) is 6.65. The molecule has 0 saturated carbocycles. The van der Waals surface area contributed by atoms with Gasteiger partial charge in [0.15, 0.2) is 11.6 Å². The van der Waals surface area contributed by atoms with Crippen molar-refractivity contribution in [2.24, 2.45) is 0 Å². The number of hydrogen-bond acceptors (Lipinski definition) is 1. The number of nitrogens with one attached hydrogen (secondary N) is 1. The minimum absolute atomic E-state index is 0.317. The zero-order chi connectivity index (χ0) is 10.6. The van der Waals surface area contributed by atoms with Crippen LogP contribution in [0.5, 0.6) is 0 Å². The standard InChI is InChI=1S/C11H15F2N/c1-3-8(2)14-7-9-5-4-6-10(12)11(9)13/h4-6,8,14H,3,7H2,1-2H3. The summed E-state index contributed by atoms with van der Waals surface area (Å²) in [6.45, 7) is 4.43. The summed E-state index contributed by atoms with van der Waals surface area (Å²) in [6, 6.07) is 4.56. The van der Waals surface area contributed by atoms with Gasteiger partial charge in [0.25, 0.3) is 0 Å². The summed E-state index contributed by atoms with van der Waals surface area (Å²) in [5.41, 5.74) is 0.380. The first-order valence-corrected chi connectivity index (χ1v) is 4.81. The van der Waals surface area contributed by atoms with Crippen molar-refractivity contribution in [2.45, 2.75) is 32.9 Å². The second-order valence-electron chi connectivity index (χ2n) is 3.40. The maximum Gasteiger partial charge on any atom is 0.163 e. The van der Waals surface area contributed by atoms with Crippen molar-refractivity contribution in [3.05, 3.63) is 35.4 Å². The number of benzene rings is 1. The van der Waals surface area contributed by atoms with Gasteiger partial charge < -0.3 is 5.32 Å². The predicted octanol–water partition coefficient (Wildman–Crippen LogP) is 2.85. The molecule has 0 aliphatic heterocycles. The van der Waals surface area contributed by atoms with Crippen molar-refractivity contribution >= 4 is 0 Å². The van der Waals surface area contributed by atoms with Gasteiger partial charge in [-0.05, 0) is 19.4 Å². The van der Waals surface area contributed by atoms with Gasteiger partial charge in [0.2, 0.25) is 0 Å². The maximum atomic E-state index is 13.1. The highest BCUT2D eigenvalue weighted by atomic mass is 19.2. The highest BCUT2D eigenvalue weighted by Crippen LogP contribution is 2.11. The molecule has 78 valence electrons. The number of hydrogen-bond donors (Lipinski definition) is 1. The lowest BCUT2D eigenvalue weighted by Gasteiger charge is -2.11. The van der Waals surface area contributed by atoms with Crippen LogP contribution in [0, 0.1) is 11.6 Å². The Morgan fingerprint density at radius 3 is 2.71 bits per heavy atom. The smallest absolute Gasteiger partial charge is 0.163 e. The van der Waals surface area contributed by atoms with Crippen LogP contribution in [0.2, 0.25) is 0 Å². The van der Waals surface area contributed by atoms with Crippen LogP contribution in [0.1, 0.15) is 25.8 Å². The highest BCUT2D eigenvalue weighted by Gasteiger charge is 2.07. The second kappa shape index (κ2) is 5.05. The normalized spacial score (nSPS) is 12.9. The molecule has 1 aromatic rings. The SMILES string of the molecule is CCC(C)NCc1cccc(F)c1F. The van der Waals surface area contributed by atoms with E-state index < -0.39 is 11.6 Å². The highest BCUT2D eigenvalue weighted by molar-refractivity contribution is 5.18. The quantitative estimate of drug-likeness (QED) is 0.786. The molecule has 1 rings (SSSR count). The predicted molar refractivity (Wildman–Crippen MR) is 53.0 cm³/mol. The van der Waals surface area contributed by atoms with Gasteiger partial charge in [-0.1, -0.05) is 19.1 Å². The van der Waals surface area contributed by atoms with E-state index in [4.69, 9.17) is 0 Å². The molecule has 0 aromatic heterocycles. The fraction of sp³-hybridized carbons (Fsp3) is 0.455. The van der Waals surface area contributed by atoms with E-state index in [9.17, 15) is 8.78 Å². The molecule has 1 atom stereocenters. The van der Waals surface area contributed by atoms with Crippen LogP contribution in [0.25, 0.3) is 0 Å². The van der Waals surface area contributed by atoms with Gasteiger partial charge in [0.1, 0.15) is 0 Å². The zero-order valence-corrected chi connectivity index (χ0v) is 8.48. The average molecular weight is 199 g/mol. The Kier molecular flexibility index (Phi) is 4.01.